The molecule has 1 fully saturated rings. The zero-order valence-corrected chi connectivity index (χ0v) is 19.8. The number of aromatic nitrogens is 2. The maximum atomic E-state index is 12.9. The molecule has 2 aromatic carbocycles. The fourth-order valence-electron chi connectivity index (χ4n) is 2.96. The first kappa shape index (κ1) is 22.3. The van der Waals surface area contributed by atoms with Gasteiger partial charge >= 0.3 is 12.1 Å². The van der Waals surface area contributed by atoms with E-state index in [0.29, 0.717) is 0 Å². The third kappa shape index (κ3) is 4.65. The van der Waals surface area contributed by atoms with Gasteiger partial charge < -0.3 is 0 Å². The van der Waals surface area contributed by atoms with Crippen molar-refractivity contribution in [1.29, 1.82) is 0 Å². The lowest BCUT2D eigenvalue weighted by atomic mass is 10.1. The Bertz CT molecular complexity index is 1210. The topological polar surface area (TPSA) is 75.2 Å². The minimum Gasteiger partial charge on any atom is -0.272 e. The van der Waals surface area contributed by atoms with Crippen LogP contribution in [0.15, 0.2) is 47.1 Å². The summed E-state index contributed by atoms with van der Waals surface area (Å²) in [6.45, 7) is 0. The predicted molar refractivity (Wildman–Crippen MR) is 121 cm³/mol. The molecule has 160 valence electrons. The van der Waals surface area contributed by atoms with E-state index >= 15 is 0 Å². The largest absolute Gasteiger partial charge is 0.416 e. The lowest BCUT2D eigenvalue weighted by Gasteiger charge is -2.25. The first-order valence-electron chi connectivity index (χ1n) is 8.67. The van der Waals surface area contributed by atoms with Crippen molar-refractivity contribution in [2.75, 3.05) is 5.75 Å². The molecule has 1 aliphatic rings. The molecule has 1 N–H and O–H groups in total. The molecule has 0 saturated carbocycles. The average Bonchev–Trinajstić information content (AvgIpc) is 3.06. The average molecular weight is 623 g/mol. The van der Waals surface area contributed by atoms with Crippen LogP contribution in [0.2, 0.25) is 0 Å². The number of halogens is 5. The highest BCUT2D eigenvalue weighted by molar-refractivity contribution is 14.1. The number of amides is 2. The van der Waals surface area contributed by atoms with Crippen LogP contribution in [-0.4, -0.2) is 32.5 Å². The fraction of sp³-hybridized carbons (Fsp3) is 0.158. The van der Waals surface area contributed by atoms with Crippen molar-refractivity contribution in [1.82, 2.24) is 20.4 Å². The zero-order chi connectivity index (χ0) is 22.3. The number of hydrogen-bond acceptors (Lipinski definition) is 5. The van der Waals surface area contributed by atoms with Crippen molar-refractivity contribution in [3.05, 3.63) is 67.6 Å². The van der Waals surface area contributed by atoms with Gasteiger partial charge in [0, 0.05) is 25.2 Å². The van der Waals surface area contributed by atoms with E-state index in [2.05, 4.69) is 53.9 Å². The van der Waals surface area contributed by atoms with Gasteiger partial charge in [-0.1, -0.05) is 22.0 Å². The minimum absolute atomic E-state index is 0.153. The molecule has 3 aromatic rings. The Morgan fingerprint density at radius 3 is 2.74 bits per heavy atom. The van der Waals surface area contributed by atoms with E-state index in [1.54, 1.807) is 0 Å². The lowest BCUT2D eigenvalue weighted by Crippen LogP contribution is -2.45. The Kier molecular flexibility index (Phi) is 6.14. The Morgan fingerprint density at radius 2 is 2.03 bits per heavy atom. The van der Waals surface area contributed by atoms with Crippen LogP contribution in [0.4, 0.5) is 13.2 Å². The zero-order valence-electron chi connectivity index (χ0n) is 15.3. The van der Waals surface area contributed by atoms with Crippen molar-refractivity contribution in [3.8, 4) is 0 Å². The maximum absolute atomic E-state index is 12.9. The fourth-order valence-corrected chi connectivity index (χ4v) is 5.77. The second kappa shape index (κ2) is 8.54. The summed E-state index contributed by atoms with van der Waals surface area (Å²) in [4.78, 5) is 33.0. The molecule has 0 spiro atoms. The summed E-state index contributed by atoms with van der Waals surface area (Å²) in [6.07, 6.45) is -3.34. The van der Waals surface area contributed by atoms with Crippen molar-refractivity contribution >= 4 is 73.0 Å². The number of benzene rings is 2. The van der Waals surface area contributed by atoms with E-state index in [9.17, 15) is 22.8 Å². The van der Waals surface area contributed by atoms with Gasteiger partial charge in [0.25, 0.3) is 5.91 Å². The van der Waals surface area contributed by atoms with Crippen LogP contribution in [0, 0.1) is 3.57 Å². The van der Waals surface area contributed by atoms with Crippen LogP contribution >= 0.6 is 50.3 Å². The quantitative estimate of drug-likeness (QED) is 0.419. The van der Waals surface area contributed by atoms with Gasteiger partial charge in [-0.15, -0.1) is 11.8 Å². The van der Waals surface area contributed by atoms with Gasteiger partial charge in [-0.05, 0) is 52.9 Å². The van der Waals surface area contributed by atoms with E-state index in [1.165, 1.54) is 22.8 Å². The van der Waals surface area contributed by atoms with Crippen LogP contribution in [0.1, 0.15) is 27.1 Å². The molecule has 1 unspecified atom stereocenters. The second-order valence-corrected chi connectivity index (χ2v) is 9.67. The summed E-state index contributed by atoms with van der Waals surface area (Å²) in [6, 6.07) is 8.65. The molecule has 1 aromatic heterocycles. The third-order valence-electron chi connectivity index (χ3n) is 4.43. The summed E-state index contributed by atoms with van der Waals surface area (Å²) in [7, 11) is 0. The number of nitrogens with zero attached hydrogens (tertiary/aromatic N) is 3. The van der Waals surface area contributed by atoms with Gasteiger partial charge in [-0.3, -0.25) is 15.0 Å². The van der Waals surface area contributed by atoms with Crippen molar-refractivity contribution < 1.29 is 22.8 Å². The van der Waals surface area contributed by atoms with E-state index in [1.807, 2.05) is 18.2 Å². The van der Waals surface area contributed by atoms with Crippen LogP contribution in [0.3, 0.4) is 0 Å². The Labute approximate surface area is 200 Å². The molecule has 0 bridgehead atoms. The van der Waals surface area contributed by atoms with E-state index in [-0.39, 0.29) is 28.4 Å². The normalized spacial score (nSPS) is 16.7. The molecule has 4 rings (SSSR count). The van der Waals surface area contributed by atoms with Crippen molar-refractivity contribution in [3.63, 3.8) is 0 Å². The van der Waals surface area contributed by atoms with Gasteiger partial charge in [0.05, 0.1) is 16.8 Å². The molecule has 1 atom stereocenters. The molecule has 31 heavy (non-hydrogen) atoms. The standard InChI is InChI=1S/C19H11BrF3IN4O2S/c20-13-6-11(24)2-3-12(13)18-28(15(29)8-31-18)27-17(30)16-25-7-9-5-10(19(21,22)23)1-4-14(9)26-16/h1-7,18H,8H2,(H,27,30). The minimum atomic E-state index is -4.49. The van der Waals surface area contributed by atoms with Gasteiger partial charge in [0.2, 0.25) is 5.82 Å². The molecule has 0 aliphatic carbocycles. The summed E-state index contributed by atoms with van der Waals surface area (Å²) < 4.78 is 40.4. The number of alkyl halides is 3. The number of thioether (sulfide) groups is 1. The molecular formula is C19H11BrF3IN4O2S. The maximum Gasteiger partial charge on any atom is 0.416 e. The highest BCUT2D eigenvalue weighted by Gasteiger charge is 2.36. The van der Waals surface area contributed by atoms with Crippen LogP contribution in [0.25, 0.3) is 10.9 Å². The summed E-state index contributed by atoms with van der Waals surface area (Å²) >= 11 is 7.02. The summed E-state index contributed by atoms with van der Waals surface area (Å²) in [5.74, 6) is -1.09. The van der Waals surface area contributed by atoms with Gasteiger partial charge in [0.1, 0.15) is 5.37 Å². The van der Waals surface area contributed by atoms with Gasteiger partial charge in [-0.2, -0.15) is 13.2 Å². The summed E-state index contributed by atoms with van der Waals surface area (Å²) in [5.41, 5.74) is 2.71. The Morgan fingerprint density at radius 1 is 1.26 bits per heavy atom. The van der Waals surface area contributed by atoms with Gasteiger partial charge in [0.15, 0.2) is 0 Å². The van der Waals surface area contributed by atoms with E-state index in [0.717, 1.165) is 31.9 Å². The number of carbonyl (C=O) groups is 2. The number of hydrogen-bond donors (Lipinski definition) is 1. The number of nitrogens with one attached hydrogen (secondary N) is 1. The number of carbonyl (C=O) groups excluding carboxylic acids is 2. The lowest BCUT2D eigenvalue weighted by molar-refractivity contribution is -0.137. The SMILES string of the molecule is O=C(NN1C(=O)CSC1c1ccc(I)cc1Br)c1ncc2cc(C(F)(F)F)ccc2n1. The second-order valence-electron chi connectivity index (χ2n) is 6.50. The smallest absolute Gasteiger partial charge is 0.272 e. The molecular weight excluding hydrogens is 612 g/mol. The van der Waals surface area contributed by atoms with Gasteiger partial charge in [-0.25, -0.2) is 15.0 Å². The molecule has 12 heteroatoms. The van der Waals surface area contributed by atoms with Crippen LogP contribution < -0.4 is 5.43 Å². The monoisotopic (exact) mass is 622 g/mol. The molecule has 1 saturated heterocycles. The predicted octanol–water partition coefficient (Wildman–Crippen LogP) is 4.93. The Balaban J connectivity index is 1.58. The highest BCUT2D eigenvalue weighted by atomic mass is 127. The van der Waals surface area contributed by atoms with Crippen molar-refractivity contribution in [2.45, 2.75) is 11.6 Å². The molecule has 2 heterocycles. The molecule has 1 aliphatic heterocycles. The third-order valence-corrected chi connectivity index (χ3v) is 6.98. The van der Waals surface area contributed by atoms with Crippen LogP contribution in [-0.2, 0) is 11.0 Å². The van der Waals surface area contributed by atoms with Crippen LogP contribution in [0.5, 0.6) is 0 Å². The number of hydrazine groups is 1. The van der Waals surface area contributed by atoms with E-state index < -0.39 is 23.0 Å². The van der Waals surface area contributed by atoms with E-state index in [4.69, 9.17) is 0 Å². The molecule has 0 radical (unpaired) electrons. The first-order chi connectivity index (χ1) is 14.6. The molecule has 6 nitrogen and oxygen atoms in total. The Hall–Kier alpha value is -1.93. The number of rotatable bonds is 3. The summed E-state index contributed by atoms with van der Waals surface area (Å²) in [5, 5.41) is 0.929. The molecule has 2 amide bonds. The van der Waals surface area contributed by atoms with Crippen molar-refractivity contribution in [2.24, 2.45) is 0 Å². The number of fused-ring (bicyclic) bond motifs is 1. The first-order valence-corrected chi connectivity index (χ1v) is 11.6. The highest BCUT2D eigenvalue weighted by Crippen LogP contribution is 2.41.